The van der Waals surface area contributed by atoms with Crippen molar-refractivity contribution >= 4 is 0 Å². The highest BCUT2D eigenvalue weighted by Crippen LogP contribution is 2.43. The molecule has 2 N–H and O–H groups in total. The van der Waals surface area contributed by atoms with Crippen molar-refractivity contribution in [2.75, 3.05) is 0 Å². The summed E-state index contributed by atoms with van der Waals surface area (Å²) in [6.45, 7) is 0. The van der Waals surface area contributed by atoms with Gasteiger partial charge in [0.1, 0.15) is 0 Å². The summed E-state index contributed by atoms with van der Waals surface area (Å²) in [7, 11) is 0. The van der Waals surface area contributed by atoms with Gasteiger partial charge in [0.2, 0.25) is 0 Å². The maximum Gasteiger partial charge on any atom is 0.00699 e. The topological polar surface area (TPSA) is 26.0 Å². The van der Waals surface area contributed by atoms with E-state index in [1.165, 1.54) is 25.7 Å². The summed E-state index contributed by atoms with van der Waals surface area (Å²) >= 11 is 0. The van der Waals surface area contributed by atoms with Gasteiger partial charge < -0.3 is 5.73 Å². The van der Waals surface area contributed by atoms with Crippen molar-refractivity contribution in [3.63, 3.8) is 0 Å². The smallest absolute Gasteiger partial charge is 0.00699 e. The molecule has 0 spiro atoms. The Labute approximate surface area is 50.3 Å². The minimum absolute atomic E-state index is 0.578. The van der Waals surface area contributed by atoms with Gasteiger partial charge in [-0.25, -0.2) is 0 Å². The molecule has 2 bridgehead atoms. The van der Waals surface area contributed by atoms with E-state index in [0.717, 1.165) is 11.8 Å². The van der Waals surface area contributed by atoms with Crippen LogP contribution in [0.1, 0.15) is 25.7 Å². The van der Waals surface area contributed by atoms with Gasteiger partial charge >= 0.3 is 0 Å². The minimum atomic E-state index is 0.578. The molecule has 2 saturated carbocycles. The van der Waals surface area contributed by atoms with E-state index in [-0.39, 0.29) is 0 Å². The zero-order chi connectivity index (χ0) is 5.56. The van der Waals surface area contributed by atoms with E-state index < -0.39 is 0 Å². The lowest BCUT2D eigenvalue weighted by Crippen LogP contribution is -2.26. The summed E-state index contributed by atoms with van der Waals surface area (Å²) in [6, 6.07) is 0.578. The largest absolute Gasteiger partial charge is 0.327 e. The van der Waals surface area contributed by atoms with Crippen molar-refractivity contribution in [2.45, 2.75) is 31.7 Å². The molecule has 0 saturated heterocycles. The van der Waals surface area contributed by atoms with E-state index in [4.69, 9.17) is 5.73 Å². The predicted molar refractivity (Wildman–Crippen MR) is 33.4 cm³/mol. The van der Waals surface area contributed by atoms with Gasteiger partial charge in [0, 0.05) is 6.04 Å². The molecule has 2 aliphatic rings. The molecule has 1 heteroatoms. The van der Waals surface area contributed by atoms with Crippen LogP contribution in [-0.2, 0) is 0 Å². The summed E-state index contributed by atoms with van der Waals surface area (Å²) in [6.07, 6.45) is 5.66. The average molecular weight is 111 g/mol. The third-order valence-electron chi connectivity index (χ3n) is 2.79. The Balaban J connectivity index is 2.11. The van der Waals surface area contributed by atoms with E-state index in [0.29, 0.717) is 6.04 Å². The monoisotopic (exact) mass is 111 g/mol. The van der Waals surface area contributed by atoms with E-state index >= 15 is 0 Å². The van der Waals surface area contributed by atoms with Crippen LogP contribution < -0.4 is 5.73 Å². The van der Waals surface area contributed by atoms with Gasteiger partial charge in [-0.05, 0) is 31.1 Å². The van der Waals surface area contributed by atoms with Gasteiger partial charge in [-0.15, -0.1) is 0 Å². The number of nitrogens with two attached hydrogens (primary N) is 1. The highest BCUT2D eigenvalue weighted by molar-refractivity contribution is 4.91. The third kappa shape index (κ3) is 0.510. The van der Waals surface area contributed by atoms with Crippen LogP contribution in [0.5, 0.6) is 0 Å². The first-order valence-electron chi connectivity index (χ1n) is 3.62. The van der Waals surface area contributed by atoms with E-state index in [1.54, 1.807) is 0 Å². The lowest BCUT2D eigenvalue weighted by atomic mass is 9.96. The van der Waals surface area contributed by atoms with Crippen LogP contribution in [0, 0.1) is 11.8 Å². The third-order valence-corrected chi connectivity index (χ3v) is 2.79. The molecule has 2 unspecified atom stereocenters. The summed E-state index contributed by atoms with van der Waals surface area (Å²) in [4.78, 5) is 0. The van der Waals surface area contributed by atoms with Gasteiger partial charge in [-0.2, -0.15) is 0 Å². The van der Waals surface area contributed by atoms with Crippen molar-refractivity contribution in [2.24, 2.45) is 17.6 Å². The van der Waals surface area contributed by atoms with Gasteiger partial charge in [0.25, 0.3) is 0 Å². The Hall–Kier alpha value is -0.0400. The fourth-order valence-corrected chi connectivity index (χ4v) is 2.29. The number of rotatable bonds is 0. The number of hydrogen-bond donors (Lipinski definition) is 1. The quantitative estimate of drug-likeness (QED) is 0.498. The maximum absolute atomic E-state index is 5.82. The zero-order valence-electron chi connectivity index (χ0n) is 5.14. The van der Waals surface area contributed by atoms with Crippen molar-refractivity contribution in [3.05, 3.63) is 0 Å². The summed E-state index contributed by atoms with van der Waals surface area (Å²) < 4.78 is 0. The van der Waals surface area contributed by atoms with Crippen molar-refractivity contribution in [1.29, 1.82) is 0 Å². The number of fused-ring (bicyclic) bond motifs is 2. The van der Waals surface area contributed by atoms with Crippen LogP contribution in [0.3, 0.4) is 0 Å². The lowest BCUT2D eigenvalue weighted by molar-refractivity contribution is 0.418. The fourth-order valence-electron chi connectivity index (χ4n) is 2.29. The Bertz CT molecular complexity index is 98.6. The first-order valence-corrected chi connectivity index (χ1v) is 3.62. The summed E-state index contributed by atoms with van der Waals surface area (Å²) in [5, 5.41) is 0. The van der Waals surface area contributed by atoms with Crippen LogP contribution in [-0.4, -0.2) is 6.04 Å². The second-order valence-electron chi connectivity index (χ2n) is 3.34. The molecule has 8 heavy (non-hydrogen) atoms. The van der Waals surface area contributed by atoms with Gasteiger partial charge in [0.15, 0.2) is 0 Å². The Morgan fingerprint density at radius 2 is 2.00 bits per heavy atom. The van der Waals surface area contributed by atoms with Crippen LogP contribution in [0.4, 0.5) is 0 Å². The van der Waals surface area contributed by atoms with Crippen LogP contribution in [0.2, 0.25) is 0 Å². The summed E-state index contributed by atoms with van der Waals surface area (Å²) in [5.41, 5.74) is 5.82. The molecule has 0 aromatic rings. The molecular weight excluding hydrogens is 98.1 g/mol. The molecular formula is C7H13N. The predicted octanol–water partition coefficient (Wildman–Crippen LogP) is 1.13. The first-order chi connectivity index (χ1) is 3.86. The SMILES string of the molecule is NC1CC2CC[C@H]1C2. The zero-order valence-corrected chi connectivity index (χ0v) is 5.14. The average Bonchev–Trinajstić information content (AvgIpc) is 2.23. The van der Waals surface area contributed by atoms with Crippen LogP contribution in [0.25, 0.3) is 0 Å². The Morgan fingerprint density at radius 1 is 1.12 bits per heavy atom. The molecule has 2 rings (SSSR count). The van der Waals surface area contributed by atoms with Crippen LogP contribution >= 0.6 is 0 Å². The molecule has 1 nitrogen and oxygen atoms in total. The molecule has 0 aromatic heterocycles. The molecule has 0 radical (unpaired) electrons. The molecule has 0 heterocycles. The van der Waals surface area contributed by atoms with Crippen molar-refractivity contribution in [1.82, 2.24) is 0 Å². The molecule has 3 atom stereocenters. The highest BCUT2D eigenvalue weighted by Gasteiger charge is 2.36. The summed E-state index contributed by atoms with van der Waals surface area (Å²) in [5.74, 6) is 1.94. The maximum atomic E-state index is 5.82. The van der Waals surface area contributed by atoms with Gasteiger partial charge in [0.05, 0.1) is 0 Å². The van der Waals surface area contributed by atoms with Crippen LogP contribution in [0.15, 0.2) is 0 Å². The molecule has 0 amide bonds. The second-order valence-corrected chi connectivity index (χ2v) is 3.34. The number of hydrogen-bond acceptors (Lipinski definition) is 1. The first kappa shape index (κ1) is 4.80. The molecule has 2 aliphatic carbocycles. The van der Waals surface area contributed by atoms with E-state index in [2.05, 4.69) is 0 Å². The van der Waals surface area contributed by atoms with Gasteiger partial charge in [-0.1, -0.05) is 6.42 Å². The Morgan fingerprint density at radius 3 is 2.25 bits per heavy atom. The van der Waals surface area contributed by atoms with Gasteiger partial charge in [-0.3, -0.25) is 0 Å². The lowest BCUT2D eigenvalue weighted by Gasteiger charge is -2.15. The highest BCUT2D eigenvalue weighted by atomic mass is 14.7. The van der Waals surface area contributed by atoms with E-state index in [1.807, 2.05) is 0 Å². The molecule has 46 valence electrons. The van der Waals surface area contributed by atoms with Crippen molar-refractivity contribution in [3.8, 4) is 0 Å². The standard InChI is InChI=1S/C7H13N/c8-7-4-5-1-2-6(7)3-5/h5-7H,1-4,8H2/t5?,6-,7?/m0/s1. The molecule has 2 fully saturated rings. The minimum Gasteiger partial charge on any atom is -0.327 e. The Kier molecular flexibility index (Phi) is 0.884. The molecule has 0 aromatic carbocycles. The second kappa shape index (κ2) is 1.47. The fraction of sp³-hybridized carbons (Fsp3) is 1.00. The van der Waals surface area contributed by atoms with Crippen molar-refractivity contribution < 1.29 is 0 Å². The normalized spacial score (nSPS) is 52.9. The molecule has 0 aliphatic heterocycles. The van der Waals surface area contributed by atoms with E-state index in [9.17, 15) is 0 Å².